The Morgan fingerprint density at radius 2 is 1.72 bits per heavy atom. The Balaban J connectivity index is 1.54. The number of nitrogens with one attached hydrogen (secondary N) is 2. The van der Waals surface area contributed by atoms with Crippen LogP contribution in [0.4, 0.5) is 4.79 Å². The molecule has 2 aromatic rings. The summed E-state index contributed by atoms with van der Waals surface area (Å²) in [7, 11) is 3.70. The highest BCUT2D eigenvalue weighted by Crippen LogP contribution is 2.39. The van der Waals surface area contributed by atoms with Crippen LogP contribution in [0.25, 0.3) is 11.3 Å². The van der Waals surface area contributed by atoms with Crippen LogP contribution in [-0.4, -0.2) is 113 Å². The Bertz CT molecular complexity index is 1930. The van der Waals surface area contributed by atoms with Gasteiger partial charge in [-0.2, -0.15) is 5.26 Å². The van der Waals surface area contributed by atoms with Gasteiger partial charge in [-0.25, -0.2) is 4.79 Å². The van der Waals surface area contributed by atoms with Crippen LogP contribution in [-0.2, 0) is 33.3 Å². The second kappa shape index (κ2) is 18.1. The summed E-state index contributed by atoms with van der Waals surface area (Å²) in [5, 5.41) is 30.6. The summed E-state index contributed by atoms with van der Waals surface area (Å²) < 4.78 is 31.0. The van der Waals surface area contributed by atoms with Gasteiger partial charge in [-0.15, -0.1) is 0 Å². The first-order chi connectivity index (χ1) is 27.3. The van der Waals surface area contributed by atoms with Gasteiger partial charge in [-0.05, 0) is 79.1 Å². The lowest BCUT2D eigenvalue weighted by atomic mass is 9.73. The number of aromatic nitrogens is 1. The van der Waals surface area contributed by atoms with Gasteiger partial charge in [0.25, 0.3) is 0 Å². The normalized spacial score (nSPS) is 36.1. The van der Waals surface area contributed by atoms with E-state index in [9.17, 15) is 24.3 Å². The summed E-state index contributed by atoms with van der Waals surface area (Å²) in [5.74, 6) is 0.888. The SMILES string of the molecule is CC[C@H]1OC(=O)[C@H](C)C(=O)[C@H](C)[C@@H](O[C@@H]2O[C@H](C)C[C@H](N(C)C)[C@H]2O)[C@](C)(OCC#Cc2cc(-c3ccc(C#N)cc3)no2)C[C@@H](C)C(=O)[C@H](C)[C@H]2NC(=O)N[C@@]21C. The molecule has 4 heterocycles. The van der Waals surface area contributed by atoms with Crippen molar-refractivity contribution in [1.29, 1.82) is 5.26 Å². The molecule has 0 aliphatic carbocycles. The van der Waals surface area contributed by atoms with Gasteiger partial charge in [0.2, 0.25) is 5.76 Å². The number of benzene rings is 1. The number of esters is 1. The number of likely N-dealkylation sites (N-methyl/N-ethyl adjacent to an activating group) is 1. The number of hydrogen-bond donors (Lipinski definition) is 3. The Kier molecular flexibility index (Phi) is 13.9. The lowest BCUT2D eigenvalue weighted by Gasteiger charge is -2.47. The minimum absolute atomic E-state index is 0.0294. The van der Waals surface area contributed by atoms with E-state index in [0.29, 0.717) is 24.1 Å². The van der Waals surface area contributed by atoms with E-state index >= 15 is 0 Å². The minimum Gasteiger partial charge on any atom is -0.459 e. The maximum absolute atomic E-state index is 14.4. The third kappa shape index (κ3) is 9.30. The summed E-state index contributed by atoms with van der Waals surface area (Å²) in [6.07, 6.45) is -3.80. The highest BCUT2D eigenvalue weighted by Gasteiger charge is 2.55. The van der Waals surface area contributed by atoms with Gasteiger partial charge in [0.05, 0.1) is 41.0 Å². The highest BCUT2D eigenvalue weighted by atomic mass is 16.7. The number of urea groups is 1. The summed E-state index contributed by atoms with van der Waals surface area (Å²) in [6.45, 7) is 13.5. The number of rotatable bonds is 7. The van der Waals surface area contributed by atoms with E-state index < -0.39 is 83.2 Å². The lowest BCUT2D eigenvalue weighted by molar-refractivity contribution is -0.296. The molecule has 0 saturated carbocycles. The van der Waals surface area contributed by atoms with E-state index in [1.165, 1.54) is 6.92 Å². The van der Waals surface area contributed by atoms with Crippen LogP contribution in [0.1, 0.15) is 86.0 Å². The number of ether oxygens (including phenoxy) is 4. The molecule has 3 saturated heterocycles. The van der Waals surface area contributed by atoms with Crippen LogP contribution in [0.5, 0.6) is 0 Å². The van der Waals surface area contributed by atoms with Crippen LogP contribution in [0.15, 0.2) is 34.9 Å². The van der Waals surface area contributed by atoms with Crippen molar-refractivity contribution in [2.45, 2.75) is 129 Å². The first-order valence-electron chi connectivity index (χ1n) is 20.0. The number of carbonyl (C=O) groups is 4. The van der Waals surface area contributed by atoms with Crippen LogP contribution in [0.2, 0.25) is 0 Å². The molecule has 1 aromatic carbocycles. The van der Waals surface area contributed by atoms with E-state index in [4.69, 9.17) is 28.7 Å². The van der Waals surface area contributed by atoms with Crippen LogP contribution < -0.4 is 10.6 Å². The average Bonchev–Trinajstić information content (AvgIpc) is 3.80. The van der Waals surface area contributed by atoms with Gasteiger partial charge >= 0.3 is 12.0 Å². The Morgan fingerprint density at radius 3 is 2.36 bits per heavy atom. The number of nitriles is 1. The van der Waals surface area contributed by atoms with E-state index in [2.05, 4.69) is 33.7 Å². The maximum atomic E-state index is 14.4. The Hall–Kier alpha value is -4.64. The number of fused-ring (bicyclic) bond motifs is 1. The average molecular weight is 804 g/mol. The van der Waals surface area contributed by atoms with Crippen molar-refractivity contribution in [3.05, 3.63) is 41.7 Å². The number of Topliss-reactive ketones (excluding diaryl/α,β-unsaturated/α-hetero) is 2. The Morgan fingerprint density at radius 1 is 1.03 bits per heavy atom. The number of hydrogen-bond acceptors (Lipinski definition) is 13. The number of aliphatic hydroxyl groups is 1. The molecule has 5 rings (SSSR count). The molecule has 13 atom stereocenters. The largest absolute Gasteiger partial charge is 0.459 e. The maximum Gasteiger partial charge on any atom is 0.316 e. The summed E-state index contributed by atoms with van der Waals surface area (Å²) in [6, 6.07) is 9.02. The third-order valence-electron chi connectivity index (χ3n) is 12.1. The fraction of sp³-hybridized carbons (Fsp3) is 0.628. The van der Waals surface area contributed by atoms with E-state index in [-0.39, 0.29) is 36.7 Å². The fourth-order valence-corrected chi connectivity index (χ4v) is 8.79. The molecule has 3 fully saturated rings. The van der Waals surface area contributed by atoms with Crippen molar-refractivity contribution >= 4 is 23.6 Å². The molecule has 3 aliphatic rings. The first-order valence-corrected chi connectivity index (χ1v) is 20.0. The van der Waals surface area contributed by atoms with Gasteiger partial charge in [0.1, 0.15) is 36.2 Å². The number of aliphatic hydroxyl groups excluding tert-OH is 1. The number of cyclic esters (lactones) is 1. The van der Waals surface area contributed by atoms with Gasteiger partial charge in [-0.3, -0.25) is 14.4 Å². The number of ketones is 2. The molecule has 1 aromatic heterocycles. The van der Waals surface area contributed by atoms with Crippen molar-refractivity contribution in [3.8, 4) is 29.2 Å². The van der Waals surface area contributed by atoms with Gasteiger partial charge in [0, 0.05) is 35.4 Å². The zero-order chi connectivity index (χ0) is 42.7. The van der Waals surface area contributed by atoms with E-state index in [1.54, 1.807) is 65.0 Å². The third-order valence-corrected chi connectivity index (χ3v) is 12.1. The number of amides is 2. The molecule has 0 bridgehead atoms. The number of nitrogens with zero attached hydrogens (tertiary/aromatic N) is 3. The minimum atomic E-state index is -1.45. The second-order valence-corrected chi connectivity index (χ2v) is 16.7. The molecule has 15 heteroatoms. The van der Waals surface area contributed by atoms with Crippen molar-refractivity contribution < 1.29 is 47.8 Å². The van der Waals surface area contributed by atoms with E-state index in [1.807, 2.05) is 32.8 Å². The molecule has 15 nitrogen and oxygen atoms in total. The first kappa shape index (κ1) is 44.5. The van der Waals surface area contributed by atoms with E-state index in [0.717, 1.165) is 5.56 Å². The molecule has 0 spiro atoms. The smallest absolute Gasteiger partial charge is 0.316 e. The highest BCUT2D eigenvalue weighted by molar-refractivity contribution is 6.00. The molecule has 3 N–H and O–H groups in total. The zero-order valence-corrected chi connectivity index (χ0v) is 35.0. The van der Waals surface area contributed by atoms with Gasteiger partial charge < -0.3 is 44.1 Å². The van der Waals surface area contributed by atoms with Gasteiger partial charge in [-0.1, -0.05) is 50.9 Å². The molecular formula is C43H57N5O10. The molecule has 0 unspecified atom stereocenters. The van der Waals surface area contributed by atoms with Crippen LogP contribution >= 0.6 is 0 Å². The molecule has 2 amide bonds. The monoisotopic (exact) mass is 803 g/mol. The van der Waals surface area contributed by atoms with Crippen LogP contribution in [0.3, 0.4) is 0 Å². The fourth-order valence-electron chi connectivity index (χ4n) is 8.79. The summed E-state index contributed by atoms with van der Waals surface area (Å²) >= 11 is 0. The molecule has 3 aliphatic heterocycles. The Labute approximate surface area is 340 Å². The standard InChI is InChI=1S/C43H57N5O10/c1-11-33-43(8)37(45-41(53)46-43)25(4)34(49)23(2)21-42(7,54-18-12-13-30-20-31(47-58-30)29-16-14-28(22-44)15-17-29)38(26(5)35(50)27(6)39(52)56-33)57-40-36(51)32(48(9)10)19-24(3)55-40/h14-17,20,23-27,32-33,36-38,40,51H,11,18-19,21H2,1-10H3,(H2,45,46,53)/t23-,24-,25+,26+,27-,32+,33-,36-,37-,38-,40+,42-,43-/m1/s1. The zero-order valence-electron chi connectivity index (χ0n) is 35.0. The predicted molar refractivity (Wildman–Crippen MR) is 211 cm³/mol. The predicted octanol–water partition coefficient (Wildman–Crippen LogP) is 4.00. The second-order valence-electron chi connectivity index (χ2n) is 16.7. The quantitative estimate of drug-likeness (QED) is 0.206. The van der Waals surface area contributed by atoms with Crippen molar-refractivity contribution in [2.24, 2.45) is 23.7 Å². The van der Waals surface area contributed by atoms with Crippen molar-refractivity contribution in [1.82, 2.24) is 20.7 Å². The topological polar surface area (TPSA) is 203 Å². The molecular weight excluding hydrogens is 746 g/mol. The molecule has 0 radical (unpaired) electrons. The summed E-state index contributed by atoms with van der Waals surface area (Å²) in [4.78, 5) is 57.5. The number of carbonyl (C=O) groups excluding carboxylic acids is 4. The lowest BCUT2D eigenvalue weighted by Crippen LogP contribution is -2.62. The van der Waals surface area contributed by atoms with Crippen molar-refractivity contribution in [2.75, 3.05) is 20.7 Å². The van der Waals surface area contributed by atoms with Gasteiger partial charge in [0.15, 0.2) is 12.1 Å². The molecule has 58 heavy (non-hydrogen) atoms. The molecule has 314 valence electrons. The van der Waals surface area contributed by atoms with Crippen molar-refractivity contribution in [3.63, 3.8) is 0 Å². The summed E-state index contributed by atoms with van der Waals surface area (Å²) in [5.41, 5.74) is -0.846. The van der Waals surface area contributed by atoms with Crippen LogP contribution in [0, 0.1) is 46.8 Å².